The zero-order valence-electron chi connectivity index (χ0n) is 9.56. The van der Waals surface area contributed by atoms with Gasteiger partial charge in [0.25, 0.3) is 0 Å². The number of oxazole rings is 1. The number of thiazole rings is 1. The van der Waals surface area contributed by atoms with Crippen molar-refractivity contribution in [3.8, 4) is 10.6 Å². The van der Waals surface area contributed by atoms with Gasteiger partial charge in [0.2, 0.25) is 0 Å². The molecule has 0 aliphatic carbocycles. The Kier molecular flexibility index (Phi) is 3.23. The van der Waals surface area contributed by atoms with Crippen LogP contribution in [0.1, 0.15) is 23.0 Å². The lowest BCUT2D eigenvalue weighted by Gasteiger charge is -1.92. The van der Waals surface area contributed by atoms with Gasteiger partial charge in [-0.1, -0.05) is 0 Å². The largest absolute Gasteiger partial charge is 0.481 e. The molecule has 0 bridgehead atoms. The Labute approximate surface area is 102 Å². The summed E-state index contributed by atoms with van der Waals surface area (Å²) in [6.45, 7) is 3.85. The molecule has 0 spiro atoms. The van der Waals surface area contributed by atoms with Gasteiger partial charge in [0.05, 0.1) is 28.2 Å². The number of carboxylic acid groups (broad SMARTS) is 1. The molecule has 2 aromatic heterocycles. The number of hydrogen-bond donors (Lipinski definition) is 1. The van der Waals surface area contributed by atoms with Crippen LogP contribution in [0.15, 0.2) is 10.6 Å². The molecule has 5 nitrogen and oxygen atoms in total. The van der Waals surface area contributed by atoms with Crippen LogP contribution in [0.5, 0.6) is 0 Å². The molecule has 0 atom stereocenters. The summed E-state index contributed by atoms with van der Waals surface area (Å²) in [5, 5.41) is 9.54. The number of aromatic nitrogens is 2. The smallest absolute Gasteiger partial charge is 0.303 e. The second-order valence-corrected chi connectivity index (χ2v) is 4.86. The van der Waals surface area contributed by atoms with Crippen molar-refractivity contribution < 1.29 is 14.3 Å². The lowest BCUT2D eigenvalue weighted by molar-refractivity contribution is -0.137. The standard InChI is InChI=1S/C11H12N2O3S/c1-6-11(17-7(2)13-6)8-5-12-9(16-8)3-4-10(14)15/h5H,3-4H2,1-2H3,(H,14,15). The van der Waals surface area contributed by atoms with Gasteiger partial charge in [-0.05, 0) is 13.8 Å². The number of aryl methyl sites for hydroxylation is 3. The van der Waals surface area contributed by atoms with Crippen molar-refractivity contribution in [2.45, 2.75) is 26.7 Å². The molecule has 0 radical (unpaired) electrons. The van der Waals surface area contributed by atoms with Gasteiger partial charge < -0.3 is 9.52 Å². The van der Waals surface area contributed by atoms with Crippen LogP contribution in [0, 0.1) is 13.8 Å². The second-order valence-electron chi connectivity index (χ2n) is 3.66. The minimum atomic E-state index is -0.852. The van der Waals surface area contributed by atoms with E-state index in [4.69, 9.17) is 9.52 Å². The van der Waals surface area contributed by atoms with Crippen molar-refractivity contribution in [2.24, 2.45) is 0 Å². The first-order valence-corrected chi connectivity index (χ1v) is 5.99. The van der Waals surface area contributed by atoms with E-state index in [-0.39, 0.29) is 6.42 Å². The number of rotatable bonds is 4. The third-order valence-electron chi connectivity index (χ3n) is 2.23. The number of carboxylic acids is 1. The predicted octanol–water partition coefficient (Wildman–Crippen LogP) is 2.43. The van der Waals surface area contributed by atoms with Crippen molar-refractivity contribution in [1.82, 2.24) is 9.97 Å². The zero-order chi connectivity index (χ0) is 12.4. The maximum Gasteiger partial charge on any atom is 0.303 e. The molecule has 0 aliphatic rings. The predicted molar refractivity (Wildman–Crippen MR) is 63.0 cm³/mol. The van der Waals surface area contributed by atoms with E-state index >= 15 is 0 Å². The Morgan fingerprint density at radius 1 is 1.53 bits per heavy atom. The van der Waals surface area contributed by atoms with Crippen molar-refractivity contribution in [1.29, 1.82) is 0 Å². The molecule has 0 aromatic carbocycles. The lowest BCUT2D eigenvalue weighted by atomic mass is 10.3. The first-order chi connectivity index (χ1) is 8.06. The minimum Gasteiger partial charge on any atom is -0.481 e. The third kappa shape index (κ3) is 2.71. The van der Waals surface area contributed by atoms with Crippen molar-refractivity contribution in [2.75, 3.05) is 0 Å². The summed E-state index contributed by atoms with van der Waals surface area (Å²) < 4.78 is 5.51. The Morgan fingerprint density at radius 2 is 2.29 bits per heavy atom. The number of aliphatic carboxylic acids is 1. The molecular formula is C11H12N2O3S. The average Bonchev–Trinajstić information content (AvgIpc) is 2.82. The van der Waals surface area contributed by atoms with E-state index < -0.39 is 5.97 Å². The molecule has 0 saturated carbocycles. The van der Waals surface area contributed by atoms with Gasteiger partial charge in [-0.3, -0.25) is 4.79 Å². The molecule has 2 rings (SSSR count). The molecule has 0 saturated heterocycles. The third-order valence-corrected chi connectivity index (χ3v) is 3.32. The highest BCUT2D eigenvalue weighted by Crippen LogP contribution is 2.30. The van der Waals surface area contributed by atoms with E-state index in [2.05, 4.69) is 9.97 Å². The van der Waals surface area contributed by atoms with Crippen LogP contribution in [-0.4, -0.2) is 21.0 Å². The highest BCUT2D eigenvalue weighted by atomic mass is 32.1. The Morgan fingerprint density at radius 3 is 2.88 bits per heavy atom. The van der Waals surface area contributed by atoms with E-state index in [1.165, 1.54) is 0 Å². The average molecular weight is 252 g/mol. The van der Waals surface area contributed by atoms with Crippen LogP contribution in [-0.2, 0) is 11.2 Å². The first kappa shape index (κ1) is 11.8. The van der Waals surface area contributed by atoms with Crippen LogP contribution in [0.25, 0.3) is 10.6 Å². The van der Waals surface area contributed by atoms with Crippen molar-refractivity contribution >= 4 is 17.3 Å². The molecule has 0 unspecified atom stereocenters. The van der Waals surface area contributed by atoms with Gasteiger partial charge in [-0.15, -0.1) is 11.3 Å². The zero-order valence-corrected chi connectivity index (χ0v) is 10.4. The fourth-order valence-electron chi connectivity index (χ4n) is 1.50. The van der Waals surface area contributed by atoms with E-state index in [9.17, 15) is 4.79 Å². The molecule has 6 heteroatoms. The second kappa shape index (κ2) is 4.67. The van der Waals surface area contributed by atoms with Crippen LogP contribution in [0.3, 0.4) is 0 Å². The van der Waals surface area contributed by atoms with Gasteiger partial charge in [0, 0.05) is 6.42 Å². The maximum atomic E-state index is 10.4. The summed E-state index contributed by atoms with van der Waals surface area (Å²) in [5.74, 6) is 0.260. The molecule has 2 heterocycles. The molecule has 90 valence electrons. The molecular weight excluding hydrogens is 240 g/mol. The van der Waals surface area contributed by atoms with Crippen LogP contribution >= 0.6 is 11.3 Å². The molecule has 0 aliphatic heterocycles. The van der Waals surface area contributed by atoms with Gasteiger partial charge in [0.15, 0.2) is 11.7 Å². The van der Waals surface area contributed by atoms with Crippen LogP contribution in [0.4, 0.5) is 0 Å². The number of hydrogen-bond acceptors (Lipinski definition) is 5. The molecule has 17 heavy (non-hydrogen) atoms. The fourth-order valence-corrected chi connectivity index (χ4v) is 2.37. The topological polar surface area (TPSA) is 76.2 Å². The summed E-state index contributed by atoms with van der Waals surface area (Å²) in [4.78, 5) is 19.8. The van der Waals surface area contributed by atoms with Crippen LogP contribution < -0.4 is 0 Å². The normalized spacial score (nSPS) is 10.7. The summed E-state index contributed by atoms with van der Waals surface area (Å²) in [5.41, 5.74) is 0.911. The number of nitrogens with zero attached hydrogens (tertiary/aromatic N) is 2. The minimum absolute atomic E-state index is 0.0284. The first-order valence-electron chi connectivity index (χ1n) is 5.17. The monoisotopic (exact) mass is 252 g/mol. The van der Waals surface area contributed by atoms with Crippen molar-refractivity contribution in [3.63, 3.8) is 0 Å². The summed E-state index contributed by atoms with van der Waals surface area (Å²) in [6.07, 6.45) is 1.96. The van der Waals surface area contributed by atoms with E-state index in [0.717, 1.165) is 15.6 Å². The van der Waals surface area contributed by atoms with E-state index in [0.29, 0.717) is 18.1 Å². The molecule has 0 amide bonds. The Balaban J connectivity index is 2.18. The van der Waals surface area contributed by atoms with E-state index in [1.54, 1.807) is 17.5 Å². The van der Waals surface area contributed by atoms with E-state index in [1.807, 2.05) is 13.8 Å². The molecule has 2 aromatic rings. The van der Waals surface area contributed by atoms with Crippen molar-refractivity contribution in [3.05, 3.63) is 22.8 Å². The lowest BCUT2D eigenvalue weighted by Crippen LogP contribution is -1.97. The molecule has 0 fully saturated rings. The maximum absolute atomic E-state index is 10.4. The van der Waals surface area contributed by atoms with Gasteiger partial charge >= 0.3 is 5.97 Å². The fraction of sp³-hybridized carbons (Fsp3) is 0.364. The molecule has 1 N–H and O–H groups in total. The summed E-state index contributed by atoms with van der Waals surface area (Å²) >= 11 is 1.54. The Hall–Kier alpha value is -1.69. The SMILES string of the molecule is Cc1nc(C)c(-c2cnc(CCC(=O)O)o2)s1. The summed E-state index contributed by atoms with van der Waals surface area (Å²) in [7, 11) is 0. The Bertz CT molecular complexity index is 545. The van der Waals surface area contributed by atoms with Gasteiger partial charge in [-0.2, -0.15) is 0 Å². The van der Waals surface area contributed by atoms with Crippen LogP contribution in [0.2, 0.25) is 0 Å². The van der Waals surface area contributed by atoms with Gasteiger partial charge in [0.1, 0.15) is 0 Å². The van der Waals surface area contributed by atoms with Gasteiger partial charge in [-0.25, -0.2) is 9.97 Å². The number of carbonyl (C=O) groups is 1. The quantitative estimate of drug-likeness (QED) is 0.904. The summed E-state index contributed by atoms with van der Waals surface area (Å²) in [6, 6.07) is 0. The highest BCUT2D eigenvalue weighted by Gasteiger charge is 2.13. The highest BCUT2D eigenvalue weighted by molar-refractivity contribution is 7.15.